The number of hydrogen-bond donors (Lipinski definition) is 1. The zero-order valence-electron chi connectivity index (χ0n) is 8.47. The Morgan fingerprint density at radius 3 is 2.87 bits per heavy atom. The fourth-order valence-electron chi connectivity index (χ4n) is 1.21. The van der Waals surface area contributed by atoms with Gasteiger partial charge in [0.2, 0.25) is 5.88 Å². The van der Waals surface area contributed by atoms with Crippen LogP contribution in [0.3, 0.4) is 0 Å². The number of nitro groups is 1. The molecule has 1 rings (SSSR count). The highest BCUT2D eigenvalue weighted by molar-refractivity contribution is 5.38. The van der Waals surface area contributed by atoms with Gasteiger partial charge in [0.15, 0.2) is 0 Å². The van der Waals surface area contributed by atoms with Crippen molar-refractivity contribution in [2.45, 2.75) is 12.8 Å². The van der Waals surface area contributed by atoms with Gasteiger partial charge < -0.3 is 10.5 Å². The summed E-state index contributed by atoms with van der Waals surface area (Å²) in [6.07, 6.45) is 1.16. The van der Waals surface area contributed by atoms with Crippen molar-refractivity contribution in [3.63, 3.8) is 0 Å². The molecule has 2 N–H and O–H groups in total. The number of methoxy groups -OCH3 is 1. The molecule has 0 spiro atoms. The van der Waals surface area contributed by atoms with Crippen LogP contribution in [0.25, 0.3) is 0 Å². The number of nitrogens with two attached hydrogens (primary N) is 1. The molecule has 0 aromatic carbocycles. The quantitative estimate of drug-likeness (QED) is 0.576. The zero-order valence-corrected chi connectivity index (χ0v) is 8.47. The van der Waals surface area contributed by atoms with E-state index in [-0.39, 0.29) is 5.69 Å². The third kappa shape index (κ3) is 2.88. The molecule has 0 aliphatic carbocycles. The number of hydrogen-bond acceptors (Lipinski definition) is 5. The minimum Gasteiger partial charge on any atom is -0.481 e. The van der Waals surface area contributed by atoms with E-state index in [1.165, 1.54) is 19.2 Å². The second-order valence-corrected chi connectivity index (χ2v) is 2.97. The van der Waals surface area contributed by atoms with Gasteiger partial charge in [-0.15, -0.1) is 0 Å². The van der Waals surface area contributed by atoms with Crippen LogP contribution in [0.5, 0.6) is 5.88 Å². The van der Waals surface area contributed by atoms with Crippen LogP contribution in [0.4, 0.5) is 5.69 Å². The van der Waals surface area contributed by atoms with Crippen molar-refractivity contribution < 1.29 is 9.66 Å². The van der Waals surface area contributed by atoms with Crippen molar-refractivity contribution >= 4 is 5.69 Å². The van der Waals surface area contributed by atoms with Crippen LogP contribution in [0.1, 0.15) is 12.1 Å². The fourth-order valence-corrected chi connectivity index (χ4v) is 1.21. The first kappa shape index (κ1) is 11.4. The normalized spacial score (nSPS) is 10.0. The van der Waals surface area contributed by atoms with E-state index in [1.807, 2.05) is 0 Å². The molecule has 0 radical (unpaired) electrons. The smallest absolute Gasteiger partial charge is 0.291 e. The van der Waals surface area contributed by atoms with Crippen LogP contribution in [0.15, 0.2) is 12.1 Å². The minimum absolute atomic E-state index is 0.0178. The van der Waals surface area contributed by atoms with E-state index in [2.05, 4.69) is 4.98 Å². The predicted molar refractivity (Wildman–Crippen MR) is 54.8 cm³/mol. The molecule has 0 unspecified atom stereocenters. The van der Waals surface area contributed by atoms with Crippen molar-refractivity contribution in [2.75, 3.05) is 13.7 Å². The van der Waals surface area contributed by atoms with Gasteiger partial charge in [-0.2, -0.15) is 0 Å². The van der Waals surface area contributed by atoms with E-state index in [4.69, 9.17) is 10.5 Å². The monoisotopic (exact) mass is 211 g/mol. The topological polar surface area (TPSA) is 91.3 Å². The molecule has 6 heteroatoms. The lowest BCUT2D eigenvalue weighted by Gasteiger charge is -2.03. The fraction of sp³-hybridized carbons (Fsp3) is 0.444. The second-order valence-electron chi connectivity index (χ2n) is 2.97. The number of aromatic nitrogens is 1. The van der Waals surface area contributed by atoms with Crippen LogP contribution in [0.2, 0.25) is 0 Å². The molecule has 0 bridgehead atoms. The van der Waals surface area contributed by atoms with Crippen molar-refractivity contribution in [3.05, 3.63) is 27.9 Å². The van der Waals surface area contributed by atoms with E-state index in [1.54, 1.807) is 0 Å². The highest BCUT2D eigenvalue weighted by atomic mass is 16.6. The Balaban J connectivity index is 2.99. The predicted octanol–water partition coefficient (Wildman–Crippen LogP) is 0.890. The molecule has 1 aromatic heterocycles. The summed E-state index contributed by atoms with van der Waals surface area (Å²) in [5, 5.41) is 10.7. The molecular formula is C9H13N3O3. The zero-order chi connectivity index (χ0) is 11.3. The Morgan fingerprint density at radius 2 is 2.33 bits per heavy atom. The molecule has 1 heterocycles. The van der Waals surface area contributed by atoms with Crippen molar-refractivity contribution in [1.82, 2.24) is 4.98 Å². The lowest BCUT2D eigenvalue weighted by Crippen LogP contribution is -2.05. The Morgan fingerprint density at radius 1 is 1.60 bits per heavy atom. The Bertz CT molecular complexity index is 354. The Labute approximate surface area is 87.2 Å². The number of aryl methyl sites for hydroxylation is 1. The van der Waals surface area contributed by atoms with Crippen molar-refractivity contribution in [2.24, 2.45) is 5.73 Å². The van der Waals surface area contributed by atoms with Crippen LogP contribution in [-0.4, -0.2) is 23.6 Å². The van der Waals surface area contributed by atoms with Gasteiger partial charge in [0.1, 0.15) is 5.69 Å². The van der Waals surface area contributed by atoms with E-state index in [9.17, 15) is 10.1 Å². The van der Waals surface area contributed by atoms with Gasteiger partial charge in [0, 0.05) is 12.1 Å². The molecule has 6 nitrogen and oxygen atoms in total. The molecule has 1 aromatic rings. The number of ether oxygens (including phenoxy) is 1. The maximum Gasteiger partial charge on any atom is 0.291 e. The SMILES string of the molecule is COc1ccc([N+](=O)[O-])c(CCCN)n1. The first-order valence-corrected chi connectivity index (χ1v) is 4.57. The van der Waals surface area contributed by atoms with E-state index in [0.29, 0.717) is 31.0 Å². The summed E-state index contributed by atoms with van der Waals surface area (Å²) in [4.78, 5) is 14.3. The summed E-state index contributed by atoms with van der Waals surface area (Å²) in [5.74, 6) is 0.382. The third-order valence-corrected chi connectivity index (χ3v) is 1.95. The number of pyridine rings is 1. The molecule has 0 aliphatic rings. The molecule has 15 heavy (non-hydrogen) atoms. The van der Waals surface area contributed by atoms with Gasteiger partial charge >= 0.3 is 0 Å². The molecule has 0 saturated carbocycles. The average Bonchev–Trinajstić information content (AvgIpc) is 2.25. The molecule has 0 saturated heterocycles. The number of nitrogens with zero attached hydrogens (tertiary/aromatic N) is 2. The molecule has 0 fully saturated rings. The van der Waals surface area contributed by atoms with Crippen LogP contribution in [-0.2, 0) is 6.42 Å². The van der Waals surface area contributed by atoms with E-state index in [0.717, 1.165) is 0 Å². The van der Waals surface area contributed by atoms with Crippen molar-refractivity contribution in [1.29, 1.82) is 0 Å². The lowest BCUT2D eigenvalue weighted by atomic mass is 10.2. The molecule has 0 aliphatic heterocycles. The summed E-state index contributed by atoms with van der Waals surface area (Å²) in [6.45, 7) is 0.482. The second kappa shape index (κ2) is 5.26. The van der Waals surface area contributed by atoms with Gasteiger partial charge in [0.25, 0.3) is 5.69 Å². The maximum atomic E-state index is 10.7. The van der Waals surface area contributed by atoms with Gasteiger partial charge in [-0.25, -0.2) is 4.98 Å². The minimum atomic E-state index is -0.446. The summed E-state index contributed by atoms with van der Waals surface area (Å²) in [5.41, 5.74) is 5.78. The van der Waals surface area contributed by atoms with Gasteiger partial charge in [-0.05, 0) is 19.4 Å². The maximum absolute atomic E-state index is 10.7. The Hall–Kier alpha value is -1.69. The first-order chi connectivity index (χ1) is 7.19. The van der Waals surface area contributed by atoms with Crippen LogP contribution < -0.4 is 10.5 Å². The van der Waals surface area contributed by atoms with Gasteiger partial charge in [-0.3, -0.25) is 10.1 Å². The molecule has 0 atom stereocenters. The largest absolute Gasteiger partial charge is 0.481 e. The first-order valence-electron chi connectivity index (χ1n) is 4.57. The molecular weight excluding hydrogens is 198 g/mol. The highest BCUT2D eigenvalue weighted by Crippen LogP contribution is 2.20. The Kier molecular flexibility index (Phi) is 3.99. The standard InChI is InChI=1S/C9H13N3O3/c1-15-9-5-4-8(12(13)14)7(11-9)3-2-6-10/h4-5H,2-3,6,10H2,1H3. The molecule has 82 valence electrons. The van der Waals surface area contributed by atoms with Crippen LogP contribution in [0, 0.1) is 10.1 Å². The van der Waals surface area contributed by atoms with Crippen molar-refractivity contribution in [3.8, 4) is 5.88 Å². The van der Waals surface area contributed by atoms with E-state index >= 15 is 0 Å². The van der Waals surface area contributed by atoms with Gasteiger partial charge in [-0.1, -0.05) is 0 Å². The summed E-state index contributed by atoms with van der Waals surface area (Å²) < 4.78 is 4.90. The van der Waals surface area contributed by atoms with E-state index < -0.39 is 4.92 Å². The average molecular weight is 211 g/mol. The molecule has 0 amide bonds. The van der Waals surface area contributed by atoms with Gasteiger partial charge in [0.05, 0.1) is 12.0 Å². The summed E-state index contributed by atoms with van der Waals surface area (Å²) in [7, 11) is 1.47. The van der Waals surface area contributed by atoms with Crippen LogP contribution >= 0.6 is 0 Å². The summed E-state index contributed by atoms with van der Waals surface area (Å²) in [6, 6.07) is 2.88. The summed E-state index contributed by atoms with van der Waals surface area (Å²) >= 11 is 0. The highest BCUT2D eigenvalue weighted by Gasteiger charge is 2.15. The third-order valence-electron chi connectivity index (χ3n) is 1.95. The number of rotatable bonds is 5. The lowest BCUT2D eigenvalue weighted by molar-refractivity contribution is -0.386.